The lowest BCUT2D eigenvalue weighted by Gasteiger charge is -2.04. The summed E-state index contributed by atoms with van der Waals surface area (Å²) in [6, 6.07) is 0. The summed E-state index contributed by atoms with van der Waals surface area (Å²) in [5.41, 5.74) is 0. The number of ketones is 1. The summed E-state index contributed by atoms with van der Waals surface area (Å²) >= 11 is 0. The first-order valence-electron chi connectivity index (χ1n) is 3.42. The van der Waals surface area contributed by atoms with E-state index in [0.29, 0.717) is 5.92 Å². The number of rotatable bonds is 3. The molecule has 0 aliphatic rings. The van der Waals surface area contributed by atoms with Gasteiger partial charge in [0.05, 0.1) is 0 Å². The molecule has 0 rings (SSSR count). The van der Waals surface area contributed by atoms with Crippen LogP contribution in [-0.2, 0) is 4.79 Å². The van der Waals surface area contributed by atoms with E-state index in [-0.39, 0.29) is 11.7 Å². The number of Topliss-reactive ketones (excluding diaryl/α,β-unsaturated/α-hetero) is 1. The van der Waals surface area contributed by atoms with E-state index < -0.39 is 0 Å². The molecule has 0 aliphatic carbocycles. The lowest BCUT2D eigenvalue weighted by molar-refractivity contribution is -0.119. The molecular weight excluding hydrogens is 112 g/mol. The normalized spacial score (nSPS) is 10.9. The standard InChI is InChI=1S/C8H15O/c1-6(2)5-8(9)7(3)4/h5-7H,1-4H3. The van der Waals surface area contributed by atoms with Crippen LogP contribution in [0.5, 0.6) is 0 Å². The van der Waals surface area contributed by atoms with Crippen LogP contribution < -0.4 is 0 Å². The Labute approximate surface area is 57.5 Å². The topological polar surface area (TPSA) is 17.1 Å². The monoisotopic (exact) mass is 127 g/mol. The zero-order valence-corrected chi connectivity index (χ0v) is 6.64. The van der Waals surface area contributed by atoms with Crippen molar-refractivity contribution in [2.45, 2.75) is 27.7 Å². The molecule has 0 aromatic carbocycles. The number of hydrogen-bond acceptors (Lipinski definition) is 1. The Bertz CT molecular complexity index is 92.7. The Morgan fingerprint density at radius 1 is 1.22 bits per heavy atom. The van der Waals surface area contributed by atoms with E-state index in [4.69, 9.17) is 0 Å². The molecule has 0 saturated heterocycles. The third kappa shape index (κ3) is 4.19. The van der Waals surface area contributed by atoms with Gasteiger partial charge in [-0.3, -0.25) is 4.79 Å². The number of carbonyl (C=O) groups is 1. The van der Waals surface area contributed by atoms with Crippen molar-refractivity contribution >= 4 is 5.78 Å². The first-order chi connectivity index (χ1) is 4.04. The molecule has 0 bridgehead atoms. The fourth-order valence-electron chi connectivity index (χ4n) is 0.521. The van der Waals surface area contributed by atoms with E-state index in [1.165, 1.54) is 0 Å². The summed E-state index contributed by atoms with van der Waals surface area (Å²) in [7, 11) is 0. The van der Waals surface area contributed by atoms with Crippen molar-refractivity contribution in [3.63, 3.8) is 0 Å². The van der Waals surface area contributed by atoms with Crippen LogP contribution >= 0.6 is 0 Å². The van der Waals surface area contributed by atoms with Gasteiger partial charge in [-0.1, -0.05) is 27.7 Å². The second-order valence-corrected chi connectivity index (χ2v) is 2.97. The first-order valence-corrected chi connectivity index (χ1v) is 3.42. The van der Waals surface area contributed by atoms with Crippen molar-refractivity contribution in [2.24, 2.45) is 11.8 Å². The van der Waals surface area contributed by atoms with Crippen LogP contribution in [0, 0.1) is 18.3 Å². The minimum atomic E-state index is 0.160. The van der Waals surface area contributed by atoms with Crippen LogP contribution in [0.25, 0.3) is 0 Å². The molecule has 1 radical (unpaired) electrons. The average molecular weight is 127 g/mol. The average Bonchev–Trinajstić information content (AvgIpc) is 1.63. The maximum absolute atomic E-state index is 10.9. The zero-order chi connectivity index (χ0) is 7.44. The minimum absolute atomic E-state index is 0.160. The van der Waals surface area contributed by atoms with Crippen LogP contribution in [0.3, 0.4) is 0 Å². The Morgan fingerprint density at radius 2 is 1.67 bits per heavy atom. The zero-order valence-electron chi connectivity index (χ0n) is 6.64. The lowest BCUT2D eigenvalue weighted by Crippen LogP contribution is -2.10. The highest BCUT2D eigenvalue weighted by Gasteiger charge is 2.08. The van der Waals surface area contributed by atoms with Gasteiger partial charge in [0, 0.05) is 12.3 Å². The maximum atomic E-state index is 10.9. The molecule has 0 fully saturated rings. The van der Waals surface area contributed by atoms with Gasteiger partial charge in [0.2, 0.25) is 0 Å². The molecule has 0 aliphatic heterocycles. The molecule has 0 N–H and O–H groups in total. The third-order valence-corrected chi connectivity index (χ3v) is 1.07. The van der Waals surface area contributed by atoms with Gasteiger partial charge < -0.3 is 0 Å². The van der Waals surface area contributed by atoms with Gasteiger partial charge >= 0.3 is 0 Å². The summed E-state index contributed by atoms with van der Waals surface area (Å²) in [5.74, 6) is 0.803. The first kappa shape index (κ1) is 8.67. The van der Waals surface area contributed by atoms with Gasteiger partial charge in [-0.15, -0.1) is 0 Å². The van der Waals surface area contributed by atoms with Gasteiger partial charge in [-0.05, 0) is 5.92 Å². The van der Waals surface area contributed by atoms with Gasteiger partial charge in [-0.25, -0.2) is 0 Å². The van der Waals surface area contributed by atoms with Crippen molar-refractivity contribution < 1.29 is 4.79 Å². The third-order valence-electron chi connectivity index (χ3n) is 1.07. The van der Waals surface area contributed by atoms with Gasteiger partial charge in [-0.2, -0.15) is 0 Å². The Kier molecular flexibility index (Phi) is 3.52. The van der Waals surface area contributed by atoms with Crippen molar-refractivity contribution in [1.82, 2.24) is 0 Å². The van der Waals surface area contributed by atoms with Gasteiger partial charge in [0.15, 0.2) is 0 Å². The molecule has 53 valence electrons. The van der Waals surface area contributed by atoms with Gasteiger partial charge in [0.1, 0.15) is 5.78 Å². The van der Waals surface area contributed by atoms with Crippen molar-refractivity contribution in [3.8, 4) is 0 Å². The SMILES string of the molecule is CC(C)[CH]C(=O)C(C)C. The Hall–Kier alpha value is -0.330. The van der Waals surface area contributed by atoms with E-state index in [1.807, 2.05) is 27.7 Å². The predicted octanol–water partition coefficient (Wildman–Crippen LogP) is 2.07. The van der Waals surface area contributed by atoms with Crippen LogP contribution in [0.2, 0.25) is 0 Å². The maximum Gasteiger partial charge on any atom is 0.139 e. The predicted molar refractivity (Wildman–Crippen MR) is 39.0 cm³/mol. The minimum Gasteiger partial charge on any atom is -0.299 e. The molecule has 0 heterocycles. The van der Waals surface area contributed by atoms with Crippen LogP contribution in [0.15, 0.2) is 0 Å². The smallest absolute Gasteiger partial charge is 0.139 e. The van der Waals surface area contributed by atoms with Crippen LogP contribution in [0.4, 0.5) is 0 Å². The van der Waals surface area contributed by atoms with E-state index in [0.717, 1.165) is 0 Å². The summed E-state index contributed by atoms with van der Waals surface area (Å²) in [6.07, 6.45) is 1.77. The lowest BCUT2D eigenvalue weighted by atomic mass is 9.99. The highest BCUT2D eigenvalue weighted by molar-refractivity contribution is 5.88. The summed E-state index contributed by atoms with van der Waals surface area (Å²) in [4.78, 5) is 10.9. The quantitative estimate of drug-likeness (QED) is 0.567. The number of hydrogen-bond donors (Lipinski definition) is 0. The summed E-state index contributed by atoms with van der Waals surface area (Å²) in [5, 5.41) is 0. The van der Waals surface area contributed by atoms with Crippen LogP contribution in [0.1, 0.15) is 27.7 Å². The molecule has 0 atom stereocenters. The second-order valence-electron chi connectivity index (χ2n) is 2.97. The fraction of sp³-hybridized carbons (Fsp3) is 0.750. The molecule has 0 spiro atoms. The molecule has 9 heavy (non-hydrogen) atoms. The van der Waals surface area contributed by atoms with Crippen molar-refractivity contribution in [2.75, 3.05) is 0 Å². The van der Waals surface area contributed by atoms with Gasteiger partial charge in [0.25, 0.3) is 0 Å². The van der Waals surface area contributed by atoms with Crippen molar-refractivity contribution in [1.29, 1.82) is 0 Å². The Morgan fingerprint density at radius 3 is 1.78 bits per heavy atom. The molecule has 1 nitrogen and oxygen atoms in total. The van der Waals surface area contributed by atoms with Crippen molar-refractivity contribution in [3.05, 3.63) is 6.42 Å². The Balaban J connectivity index is 3.51. The van der Waals surface area contributed by atoms with E-state index in [1.54, 1.807) is 6.42 Å². The molecule has 0 aromatic heterocycles. The molecular formula is C8H15O. The van der Waals surface area contributed by atoms with E-state index in [9.17, 15) is 4.79 Å². The fourth-order valence-corrected chi connectivity index (χ4v) is 0.521. The van der Waals surface area contributed by atoms with Crippen LogP contribution in [-0.4, -0.2) is 5.78 Å². The van der Waals surface area contributed by atoms with E-state index in [2.05, 4.69) is 0 Å². The molecule has 1 heteroatoms. The summed E-state index contributed by atoms with van der Waals surface area (Å²) in [6.45, 7) is 7.86. The largest absolute Gasteiger partial charge is 0.299 e. The summed E-state index contributed by atoms with van der Waals surface area (Å²) < 4.78 is 0. The molecule has 0 saturated carbocycles. The molecule has 0 amide bonds. The molecule has 0 aromatic rings. The number of carbonyl (C=O) groups excluding carboxylic acids is 1. The second kappa shape index (κ2) is 3.65. The van der Waals surface area contributed by atoms with E-state index >= 15 is 0 Å². The highest BCUT2D eigenvalue weighted by atomic mass is 16.1. The highest BCUT2D eigenvalue weighted by Crippen LogP contribution is 2.04. The molecule has 0 unspecified atom stereocenters.